The van der Waals surface area contributed by atoms with Gasteiger partial charge in [0.05, 0.1) is 5.69 Å². The lowest BCUT2D eigenvalue weighted by Gasteiger charge is -2.16. The van der Waals surface area contributed by atoms with Gasteiger partial charge < -0.3 is 10.4 Å². The fraction of sp³-hybridized carbons (Fsp3) is 0.182. The van der Waals surface area contributed by atoms with E-state index >= 15 is 0 Å². The number of carboxylic acids is 1. The Kier molecular flexibility index (Phi) is 7.00. The van der Waals surface area contributed by atoms with Crippen molar-refractivity contribution in [1.29, 1.82) is 0 Å². The molecule has 1 heterocycles. The fourth-order valence-corrected chi connectivity index (χ4v) is 3.17. The molecule has 11 heteroatoms. The number of aliphatic carboxylic acids is 1. The molecule has 6 nitrogen and oxygen atoms in total. The topological polar surface area (TPSA) is 92.2 Å². The van der Waals surface area contributed by atoms with Gasteiger partial charge in [0, 0.05) is 25.2 Å². The van der Waals surface area contributed by atoms with E-state index < -0.39 is 47.0 Å². The van der Waals surface area contributed by atoms with Crippen molar-refractivity contribution in [1.82, 2.24) is 15.3 Å². The summed E-state index contributed by atoms with van der Waals surface area (Å²) < 4.78 is 67.1. The lowest BCUT2D eigenvalue weighted by atomic mass is 10.00. The maximum Gasteiger partial charge on any atom is 0.435 e. The molecule has 0 aliphatic rings. The third-order valence-corrected chi connectivity index (χ3v) is 4.64. The first kappa shape index (κ1) is 23.8. The smallest absolute Gasteiger partial charge is 0.435 e. The highest BCUT2D eigenvalue weighted by molar-refractivity contribution is 5.97. The summed E-state index contributed by atoms with van der Waals surface area (Å²) in [5.74, 6) is -5.01. The number of hydrogen-bond acceptors (Lipinski definition) is 4. The van der Waals surface area contributed by atoms with E-state index in [2.05, 4.69) is 15.3 Å². The molecule has 0 radical (unpaired) electrons. The molecule has 2 aromatic carbocycles. The number of nitrogens with one attached hydrogen (secondary N) is 1. The molecule has 3 aromatic rings. The first-order valence-corrected chi connectivity index (χ1v) is 9.49. The van der Waals surface area contributed by atoms with Crippen molar-refractivity contribution in [2.24, 2.45) is 0 Å². The van der Waals surface area contributed by atoms with Crippen molar-refractivity contribution < 1.29 is 36.6 Å². The van der Waals surface area contributed by atoms with Crippen LogP contribution in [0.25, 0.3) is 0 Å². The van der Waals surface area contributed by atoms with Crippen LogP contribution in [0.5, 0.6) is 0 Å². The summed E-state index contributed by atoms with van der Waals surface area (Å²) in [4.78, 5) is 31.0. The minimum Gasteiger partial charge on any atom is -0.480 e. The highest BCUT2D eigenvalue weighted by Gasteiger charge is 2.35. The summed E-state index contributed by atoms with van der Waals surface area (Å²) in [6.45, 7) is 0. The number of amides is 1. The molecule has 1 atom stereocenters. The van der Waals surface area contributed by atoms with E-state index in [0.29, 0.717) is 11.1 Å². The molecule has 0 unspecified atom stereocenters. The maximum atomic E-state index is 13.8. The van der Waals surface area contributed by atoms with Gasteiger partial charge in [-0.3, -0.25) is 9.78 Å². The van der Waals surface area contributed by atoms with Crippen LogP contribution in [-0.2, 0) is 23.8 Å². The van der Waals surface area contributed by atoms with Crippen molar-refractivity contribution >= 4 is 11.9 Å². The van der Waals surface area contributed by atoms with Crippen LogP contribution in [0.15, 0.2) is 54.9 Å². The molecule has 0 aliphatic carbocycles. The second kappa shape index (κ2) is 9.72. The fourth-order valence-electron chi connectivity index (χ4n) is 3.17. The second-order valence-corrected chi connectivity index (χ2v) is 7.01. The molecule has 33 heavy (non-hydrogen) atoms. The molecule has 0 fully saturated rings. The molecular weight excluding hydrogens is 449 g/mol. The Morgan fingerprint density at radius 1 is 0.970 bits per heavy atom. The predicted octanol–water partition coefficient (Wildman–Crippen LogP) is 3.79. The van der Waals surface area contributed by atoms with Crippen LogP contribution in [0, 0.1) is 11.6 Å². The van der Waals surface area contributed by atoms with Crippen LogP contribution in [-0.4, -0.2) is 33.0 Å². The highest BCUT2D eigenvalue weighted by Crippen LogP contribution is 2.30. The number of nitrogens with zero attached hydrogens (tertiary/aromatic N) is 2. The third-order valence-electron chi connectivity index (χ3n) is 4.64. The first-order chi connectivity index (χ1) is 15.6. The number of carboxylic acid groups (broad SMARTS) is 1. The van der Waals surface area contributed by atoms with Crippen LogP contribution in [0.3, 0.4) is 0 Å². The van der Waals surface area contributed by atoms with Gasteiger partial charge in [0.1, 0.15) is 23.2 Å². The average Bonchev–Trinajstić information content (AvgIpc) is 2.73. The molecule has 1 amide bonds. The number of rotatable bonds is 7. The quantitative estimate of drug-likeness (QED) is 0.518. The van der Waals surface area contributed by atoms with Crippen LogP contribution in [0.4, 0.5) is 22.0 Å². The lowest BCUT2D eigenvalue weighted by Crippen LogP contribution is -2.43. The molecule has 0 saturated carbocycles. The third kappa shape index (κ3) is 5.88. The molecule has 0 spiro atoms. The minimum atomic E-state index is -4.69. The Morgan fingerprint density at radius 3 is 2.21 bits per heavy atom. The lowest BCUT2D eigenvalue weighted by molar-refractivity contribution is -0.142. The SMILES string of the molecule is O=C(N[C@@H](Cc1cccc(Cc2nccnc2C(F)(F)F)c1)C(=O)O)c1c(F)cccc1F. The summed E-state index contributed by atoms with van der Waals surface area (Å²) in [5.41, 5.74) is -1.58. The van der Waals surface area contributed by atoms with Crippen molar-refractivity contribution in [3.8, 4) is 0 Å². The molecule has 0 saturated heterocycles. The monoisotopic (exact) mass is 465 g/mol. The molecule has 0 aliphatic heterocycles. The van der Waals surface area contributed by atoms with E-state index in [1.54, 1.807) is 0 Å². The maximum absolute atomic E-state index is 13.8. The van der Waals surface area contributed by atoms with E-state index in [1.165, 1.54) is 24.3 Å². The number of hydrogen-bond donors (Lipinski definition) is 2. The normalized spacial score (nSPS) is 12.3. The molecule has 3 rings (SSSR count). The van der Waals surface area contributed by atoms with Crippen molar-refractivity contribution in [3.63, 3.8) is 0 Å². The van der Waals surface area contributed by atoms with Gasteiger partial charge in [-0.1, -0.05) is 30.3 Å². The van der Waals surface area contributed by atoms with Gasteiger partial charge in [-0.2, -0.15) is 13.2 Å². The first-order valence-electron chi connectivity index (χ1n) is 9.49. The number of halogens is 5. The second-order valence-electron chi connectivity index (χ2n) is 7.01. The summed E-state index contributed by atoms with van der Waals surface area (Å²) in [5, 5.41) is 11.5. The van der Waals surface area contributed by atoms with Crippen LogP contribution < -0.4 is 5.32 Å². The summed E-state index contributed by atoms with van der Waals surface area (Å²) in [6.07, 6.45) is -3.13. The van der Waals surface area contributed by atoms with Gasteiger partial charge in [-0.25, -0.2) is 18.6 Å². The van der Waals surface area contributed by atoms with Gasteiger partial charge in [-0.15, -0.1) is 0 Å². The highest BCUT2D eigenvalue weighted by atomic mass is 19.4. The van der Waals surface area contributed by atoms with Gasteiger partial charge in [0.25, 0.3) is 5.91 Å². The molecule has 1 aromatic heterocycles. The zero-order valence-corrected chi connectivity index (χ0v) is 16.7. The molecule has 2 N–H and O–H groups in total. The minimum absolute atomic E-state index is 0.221. The van der Waals surface area contributed by atoms with Crippen molar-refractivity contribution in [2.75, 3.05) is 0 Å². The summed E-state index contributed by atoms with van der Waals surface area (Å²) in [6, 6.07) is 7.24. The zero-order chi connectivity index (χ0) is 24.2. The number of benzene rings is 2. The number of carbonyl (C=O) groups excluding carboxylic acids is 1. The Bertz CT molecular complexity index is 1160. The standard InChI is InChI=1S/C22H16F5N3O3/c23-14-5-2-6-15(24)18(14)20(31)30-17(21(32)33)11-13-4-1-3-12(9-13)10-16-19(22(25,26)27)29-8-7-28-16/h1-9,17H,10-11H2,(H,30,31)(H,32,33)/t17-/m0/s1. The zero-order valence-electron chi connectivity index (χ0n) is 16.7. The Balaban J connectivity index is 1.79. The Labute approximate surface area is 184 Å². The Morgan fingerprint density at radius 2 is 1.58 bits per heavy atom. The van der Waals surface area contributed by atoms with Gasteiger partial charge in [-0.05, 0) is 23.3 Å². The van der Waals surface area contributed by atoms with E-state index in [1.807, 2.05) is 0 Å². The van der Waals surface area contributed by atoms with E-state index in [-0.39, 0.29) is 18.5 Å². The molecule has 0 bridgehead atoms. The van der Waals surface area contributed by atoms with Crippen molar-refractivity contribution in [3.05, 3.63) is 94.6 Å². The van der Waals surface area contributed by atoms with E-state index in [9.17, 15) is 36.6 Å². The molecular formula is C22H16F5N3O3. The largest absolute Gasteiger partial charge is 0.480 e. The number of alkyl halides is 3. The van der Waals surface area contributed by atoms with Gasteiger partial charge in [0.15, 0.2) is 5.69 Å². The Hall–Kier alpha value is -3.89. The summed E-state index contributed by atoms with van der Waals surface area (Å²) >= 11 is 0. The number of carbonyl (C=O) groups is 2. The summed E-state index contributed by atoms with van der Waals surface area (Å²) in [7, 11) is 0. The van der Waals surface area contributed by atoms with Gasteiger partial charge >= 0.3 is 12.1 Å². The van der Waals surface area contributed by atoms with E-state index in [0.717, 1.165) is 30.6 Å². The van der Waals surface area contributed by atoms with E-state index in [4.69, 9.17) is 0 Å². The van der Waals surface area contributed by atoms with Gasteiger partial charge in [0.2, 0.25) is 0 Å². The van der Waals surface area contributed by atoms with Crippen LogP contribution in [0.1, 0.15) is 32.9 Å². The van der Waals surface area contributed by atoms with Crippen LogP contribution in [0.2, 0.25) is 0 Å². The molecule has 172 valence electrons. The van der Waals surface area contributed by atoms with Crippen molar-refractivity contribution in [2.45, 2.75) is 25.1 Å². The predicted molar refractivity (Wildman–Crippen MR) is 105 cm³/mol. The average molecular weight is 465 g/mol. The number of aromatic nitrogens is 2. The van der Waals surface area contributed by atoms with Crippen LogP contribution >= 0.6 is 0 Å².